The Morgan fingerprint density at radius 1 is 1.32 bits per heavy atom. The van der Waals surface area contributed by atoms with Crippen LogP contribution in [0.25, 0.3) is 0 Å². The standard InChI is InChI=1S/C11H15F3N2O3/c12-7-5-8(15)9(6-10(7)19-11(13)14)16-1-3-18-4-2-17/h5-6,11,16-17H,1-4,15H2. The molecule has 1 rings (SSSR count). The number of benzene rings is 1. The number of alkyl halides is 2. The van der Waals surface area contributed by atoms with Gasteiger partial charge in [0.15, 0.2) is 11.6 Å². The van der Waals surface area contributed by atoms with Crippen LogP contribution in [0, 0.1) is 5.82 Å². The average Bonchev–Trinajstić information content (AvgIpc) is 2.33. The molecule has 108 valence electrons. The highest BCUT2D eigenvalue weighted by molar-refractivity contribution is 5.68. The van der Waals surface area contributed by atoms with Crippen molar-refractivity contribution in [2.75, 3.05) is 37.4 Å². The molecule has 0 saturated heterocycles. The molecule has 0 aliphatic heterocycles. The quantitative estimate of drug-likeness (QED) is 0.496. The molecule has 0 spiro atoms. The number of nitrogens with two attached hydrogens (primary N) is 1. The number of hydrogen-bond donors (Lipinski definition) is 3. The maximum Gasteiger partial charge on any atom is 0.387 e. The molecule has 0 fully saturated rings. The number of hydrogen-bond acceptors (Lipinski definition) is 5. The predicted octanol–water partition coefficient (Wildman–Crippen LogP) is 1.43. The highest BCUT2D eigenvalue weighted by atomic mass is 19.3. The Labute approximate surface area is 108 Å². The zero-order valence-electron chi connectivity index (χ0n) is 10.0. The van der Waals surface area contributed by atoms with Crippen molar-refractivity contribution in [3.63, 3.8) is 0 Å². The Balaban J connectivity index is 2.61. The largest absolute Gasteiger partial charge is 0.432 e. The lowest BCUT2D eigenvalue weighted by Gasteiger charge is -2.12. The van der Waals surface area contributed by atoms with Crippen LogP contribution in [-0.2, 0) is 4.74 Å². The number of ether oxygens (including phenoxy) is 2. The number of anilines is 2. The number of aliphatic hydroxyl groups excluding tert-OH is 1. The fourth-order valence-electron chi connectivity index (χ4n) is 1.33. The summed E-state index contributed by atoms with van der Waals surface area (Å²) in [5.74, 6) is -1.54. The highest BCUT2D eigenvalue weighted by Crippen LogP contribution is 2.29. The summed E-state index contributed by atoms with van der Waals surface area (Å²) in [7, 11) is 0. The molecule has 4 N–H and O–H groups in total. The Hall–Kier alpha value is -1.67. The Morgan fingerprint density at radius 2 is 2.05 bits per heavy atom. The molecule has 8 heteroatoms. The van der Waals surface area contributed by atoms with E-state index in [-0.39, 0.29) is 31.2 Å². The molecule has 0 radical (unpaired) electrons. The van der Waals surface area contributed by atoms with Gasteiger partial charge in [0.05, 0.1) is 31.2 Å². The maximum absolute atomic E-state index is 13.3. The fraction of sp³-hybridized carbons (Fsp3) is 0.455. The van der Waals surface area contributed by atoms with E-state index < -0.39 is 18.2 Å². The topological polar surface area (TPSA) is 76.7 Å². The van der Waals surface area contributed by atoms with Crippen LogP contribution in [0.2, 0.25) is 0 Å². The second-order valence-corrected chi connectivity index (χ2v) is 3.51. The van der Waals surface area contributed by atoms with Crippen LogP contribution in [0.1, 0.15) is 0 Å². The molecule has 0 aliphatic carbocycles. The van der Waals surface area contributed by atoms with Crippen molar-refractivity contribution in [1.29, 1.82) is 0 Å². The van der Waals surface area contributed by atoms with E-state index in [9.17, 15) is 13.2 Å². The minimum absolute atomic E-state index is 0.0706. The van der Waals surface area contributed by atoms with E-state index in [1.165, 1.54) is 0 Å². The lowest BCUT2D eigenvalue weighted by molar-refractivity contribution is -0.0521. The third kappa shape index (κ3) is 5.23. The molecule has 0 amide bonds. The van der Waals surface area contributed by atoms with Crippen LogP contribution in [0.15, 0.2) is 12.1 Å². The smallest absolute Gasteiger partial charge is 0.387 e. The molecule has 5 nitrogen and oxygen atoms in total. The number of nitrogen functional groups attached to an aromatic ring is 1. The Morgan fingerprint density at radius 3 is 2.68 bits per heavy atom. The summed E-state index contributed by atoms with van der Waals surface area (Å²) < 4.78 is 46.3. The summed E-state index contributed by atoms with van der Waals surface area (Å²) in [6.45, 7) is -2.41. The second kappa shape index (κ2) is 7.70. The summed E-state index contributed by atoms with van der Waals surface area (Å²) in [5.41, 5.74) is 5.87. The third-order valence-corrected chi connectivity index (χ3v) is 2.12. The summed E-state index contributed by atoms with van der Waals surface area (Å²) in [4.78, 5) is 0. The summed E-state index contributed by atoms with van der Waals surface area (Å²) in [6, 6.07) is 1.96. The van der Waals surface area contributed by atoms with Crippen molar-refractivity contribution in [2.24, 2.45) is 0 Å². The summed E-state index contributed by atoms with van der Waals surface area (Å²) in [6.07, 6.45) is 0. The minimum atomic E-state index is -3.11. The van der Waals surface area contributed by atoms with Crippen molar-refractivity contribution < 1.29 is 27.8 Å². The van der Waals surface area contributed by atoms with Gasteiger partial charge in [0.25, 0.3) is 0 Å². The van der Waals surface area contributed by atoms with E-state index in [0.717, 1.165) is 12.1 Å². The molecule has 0 aromatic heterocycles. The molecule has 0 heterocycles. The molecule has 1 aromatic rings. The summed E-state index contributed by atoms with van der Waals surface area (Å²) >= 11 is 0. The first-order valence-corrected chi connectivity index (χ1v) is 5.51. The molecule has 19 heavy (non-hydrogen) atoms. The van der Waals surface area contributed by atoms with Crippen LogP contribution >= 0.6 is 0 Å². The average molecular weight is 280 g/mol. The van der Waals surface area contributed by atoms with E-state index in [1.54, 1.807) is 0 Å². The lowest BCUT2D eigenvalue weighted by atomic mass is 10.2. The first-order chi connectivity index (χ1) is 9.04. The monoisotopic (exact) mass is 280 g/mol. The normalized spacial score (nSPS) is 10.8. The van der Waals surface area contributed by atoms with Gasteiger partial charge in [-0.25, -0.2) is 4.39 Å². The van der Waals surface area contributed by atoms with Crippen molar-refractivity contribution in [3.8, 4) is 5.75 Å². The van der Waals surface area contributed by atoms with Gasteiger partial charge >= 0.3 is 6.61 Å². The number of aliphatic hydroxyl groups is 1. The van der Waals surface area contributed by atoms with Gasteiger partial charge in [-0.3, -0.25) is 0 Å². The number of nitrogens with one attached hydrogen (secondary N) is 1. The molecule has 0 atom stereocenters. The number of halogens is 3. The van der Waals surface area contributed by atoms with Crippen molar-refractivity contribution in [2.45, 2.75) is 6.61 Å². The summed E-state index contributed by atoms with van der Waals surface area (Å²) in [5, 5.41) is 11.3. The predicted molar refractivity (Wildman–Crippen MR) is 63.8 cm³/mol. The van der Waals surface area contributed by atoms with Crippen LogP contribution in [0.4, 0.5) is 24.5 Å². The zero-order chi connectivity index (χ0) is 14.3. The molecule has 0 saturated carbocycles. The second-order valence-electron chi connectivity index (χ2n) is 3.51. The molecular formula is C11H15F3N2O3. The van der Waals surface area contributed by atoms with E-state index in [4.69, 9.17) is 15.6 Å². The molecule has 1 aromatic carbocycles. The fourth-order valence-corrected chi connectivity index (χ4v) is 1.33. The maximum atomic E-state index is 13.3. The van der Waals surface area contributed by atoms with Gasteiger partial charge in [0.2, 0.25) is 0 Å². The van der Waals surface area contributed by atoms with Gasteiger partial charge in [-0.2, -0.15) is 8.78 Å². The van der Waals surface area contributed by atoms with Gasteiger partial charge in [0.1, 0.15) is 0 Å². The molecule has 0 bridgehead atoms. The SMILES string of the molecule is Nc1cc(F)c(OC(F)F)cc1NCCOCCO. The first kappa shape index (κ1) is 15.4. The van der Waals surface area contributed by atoms with Gasteiger partial charge in [-0.05, 0) is 0 Å². The van der Waals surface area contributed by atoms with Gasteiger partial charge in [0, 0.05) is 18.7 Å². The van der Waals surface area contributed by atoms with E-state index in [2.05, 4.69) is 10.1 Å². The van der Waals surface area contributed by atoms with Gasteiger partial charge < -0.3 is 25.6 Å². The van der Waals surface area contributed by atoms with Crippen LogP contribution in [0.5, 0.6) is 5.75 Å². The van der Waals surface area contributed by atoms with Crippen LogP contribution in [0.3, 0.4) is 0 Å². The Kier molecular flexibility index (Phi) is 6.23. The first-order valence-electron chi connectivity index (χ1n) is 5.51. The molecular weight excluding hydrogens is 265 g/mol. The van der Waals surface area contributed by atoms with Gasteiger partial charge in [-0.1, -0.05) is 0 Å². The van der Waals surface area contributed by atoms with Crippen LogP contribution in [-0.4, -0.2) is 38.1 Å². The van der Waals surface area contributed by atoms with E-state index >= 15 is 0 Å². The van der Waals surface area contributed by atoms with Crippen LogP contribution < -0.4 is 15.8 Å². The zero-order valence-corrected chi connectivity index (χ0v) is 10.0. The highest BCUT2D eigenvalue weighted by Gasteiger charge is 2.13. The molecule has 0 aliphatic rings. The molecule has 0 unspecified atom stereocenters. The van der Waals surface area contributed by atoms with Gasteiger partial charge in [-0.15, -0.1) is 0 Å². The van der Waals surface area contributed by atoms with E-state index in [0.29, 0.717) is 6.54 Å². The minimum Gasteiger partial charge on any atom is -0.432 e. The Bertz CT molecular complexity index is 405. The van der Waals surface area contributed by atoms with Crippen molar-refractivity contribution in [3.05, 3.63) is 17.9 Å². The number of rotatable bonds is 8. The third-order valence-electron chi connectivity index (χ3n) is 2.12. The van der Waals surface area contributed by atoms with Crippen molar-refractivity contribution in [1.82, 2.24) is 0 Å². The van der Waals surface area contributed by atoms with Crippen molar-refractivity contribution >= 4 is 11.4 Å². The lowest BCUT2D eigenvalue weighted by Crippen LogP contribution is -2.13. The van der Waals surface area contributed by atoms with E-state index in [1.807, 2.05) is 0 Å².